The summed E-state index contributed by atoms with van der Waals surface area (Å²) in [6.45, 7) is 3.50. The molecule has 0 radical (unpaired) electrons. The molecule has 0 aromatic carbocycles. The van der Waals surface area contributed by atoms with E-state index in [1.165, 1.54) is 12.3 Å². The fourth-order valence-electron chi connectivity index (χ4n) is 2.65. The lowest BCUT2D eigenvalue weighted by Crippen LogP contribution is -2.14. The van der Waals surface area contributed by atoms with Gasteiger partial charge in [0.2, 0.25) is 5.91 Å². The number of carbonyl (C=O) groups excluding carboxylic acids is 1. The van der Waals surface area contributed by atoms with Crippen molar-refractivity contribution in [3.8, 4) is 17.8 Å². The smallest absolute Gasteiger partial charge is 0.383 e. The molecular weight excluding hydrogens is 375 g/mol. The number of anilines is 2. The third-order valence-electron chi connectivity index (χ3n) is 4.14. The summed E-state index contributed by atoms with van der Waals surface area (Å²) >= 11 is 0. The number of pyridine rings is 2. The highest BCUT2D eigenvalue weighted by Crippen LogP contribution is 2.36. The van der Waals surface area contributed by atoms with Crippen LogP contribution >= 0.6 is 0 Å². The van der Waals surface area contributed by atoms with Crippen LogP contribution in [0.5, 0.6) is 0 Å². The number of halogens is 3. The number of nitriles is 1. The van der Waals surface area contributed by atoms with E-state index in [2.05, 4.69) is 27.0 Å². The normalized spacial score (nSPS) is 13.6. The van der Waals surface area contributed by atoms with Gasteiger partial charge in [-0.2, -0.15) is 18.3 Å². The number of nitrogens with one attached hydrogen (secondary N) is 2. The first-order valence-corrected chi connectivity index (χ1v) is 8.07. The zero-order valence-electron chi connectivity index (χ0n) is 14.3. The van der Waals surface area contributed by atoms with E-state index < -0.39 is 11.9 Å². The molecule has 3 aromatic rings. The number of nitrogens with two attached hydrogens (primary N) is 1. The van der Waals surface area contributed by atoms with Crippen LogP contribution in [0.2, 0.25) is 0 Å². The summed E-state index contributed by atoms with van der Waals surface area (Å²) < 4.78 is 39.2. The quantitative estimate of drug-likeness (QED) is 0.630. The average molecular weight is 389 g/mol. The van der Waals surface area contributed by atoms with Crippen LogP contribution in [-0.4, -0.2) is 26.1 Å². The molecule has 8 nitrogen and oxygen atoms in total. The van der Waals surface area contributed by atoms with Gasteiger partial charge in [0.25, 0.3) is 0 Å². The highest BCUT2D eigenvalue weighted by Gasteiger charge is 2.36. The molecule has 0 bridgehead atoms. The SMILES string of the molecule is C#N.Nc1nc(-c2cn[nH]c2C(F)(F)F)cc2cc(NC(=O)C3CC3)ncc12. The van der Waals surface area contributed by atoms with E-state index in [1.54, 1.807) is 6.07 Å². The van der Waals surface area contributed by atoms with Crippen LogP contribution in [0.1, 0.15) is 18.5 Å². The van der Waals surface area contributed by atoms with Crippen molar-refractivity contribution in [3.63, 3.8) is 0 Å². The van der Waals surface area contributed by atoms with Gasteiger partial charge in [-0.25, -0.2) is 15.2 Å². The lowest BCUT2D eigenvalue weighted by molar-refractivity contribution is -0.140. The van der Waals surface area contributed by atoms with E-state index in [0.29, 0.717) is 16.6 Å². The van der Waals surface area contributed by atoms with Gasteiger partial charge in [0, 0.05) is 24.1 Å². The fraction of sp³-hybridized carbons (Fsp3) is 0.235. The average Bonchev–Trinajstić information content (AvgIpc) is 3.38. The molecule has 1 amide bonds. The number of carbonyl (C=O) groups is 1. The molecule has 0 aliphatic heterocycles. The van der Waals surface area contributed by atoms with Crippen molar-refractivity contribution in [1.82, 2.24) is 20.2 Å². The lowest BCUT2D eigenvalue weighted by atomic mass is 10.1. The predicted octanol–water partition coefficient (Wildman–Crippen LogP) is 3.11. The molecular formula is C17H14F3N7O. The third kappa shape index (κ3) is 3.71. The molecule has 11 heteroatoms. The summed E-state index contributed by atoms with van der Waals surface area (Å²) in [5.41, 5.74) is 4.71. The van der Waals surface area contributed by atoms with Crippen molar-refractivity contribution < 1.29 is 18.0 Å². The number of aromatic amines is 1. The molecule has 4 rings (SSSR count). The Labute approximate surface area is 156 Å². The molecule has 0 spiro atoms. The number of hydrogen-bond donors (Lipinski definition) is 3. The van der Waals surface area contributed by atoms with Gasteiger partial charge in [-0.05, 0) is 30.4 Å². The fourth-order valence-corrected chi connectivity index (χ4v) is 2.65. The summed E-state index contributed by atoms with van der Waals surface area (Å²) in [6, 6.07) is 3.02. The number of hydrogen-bond acceptors (Lipinski definition) is 6. The Kier molecular flexibility index (Phi) is 4.87. The van der Waals surface area contributed by atoms with Crippen molar-refractivity contribution in [3.05, 3.63) is 30.2 Å². The first kappa shape index (κ1) is 19.1. The second kappa shape index (κ2) is 7.15. The van der Waals surface area contributed by atoms with Gasteiger partial charge < -0.3 is 11.1 Å². The molecule has 0 atom stereocenters. The molecule has 1 fully saturated rings. The van der Waals surface area contributed by atoms with Crippen molar-refractivity contribution >= 4 is 28.3 Å². The monoisotopic (exact) mass is 389 g/mol. The minimum absolute atomic E-state index is 0.00541. The first-order valence-electron chi connectivity index (χ1n) is 8.07. The van der Waals surface area contributed by atoms with Crippen molar-refractivity contribution in [2.45, 2.75) is 19.0 Å². The van der Waals surface area contributed by atoms with E-state index in [-0.39, 0.29) is 28.9 Å². The largest absolute Gasteiger partial charge is 0.433 e. The van der Waals surface area contributed by atoms with E-state index in [9.17, 15) is 18.0 Å². The third-order valence-corrected chi connectivity index (χ3v) is 4.14. The highest BCUT2D eigenvalue weighted by molar-refractivity contribution is 5.98. The molecule has 1 saturated carbocycles. The standard InChI is InChI=1S/C16H13F3N6O.CHN/c17-16(18,19)13-10(6-22-25-13)11-3-8-4-12(24-15(26)7-1-2-7)21-5-9(8)14(20)23-11;1-2/h3-7H,1-2H2,(H2,20,23)(H,22,25)(H,21,24,26);1H. The number of alkyl halides is 3. The second-order valence-corrected chi connectivity index (χ2v) is 6.10. The summed E-state index contributed by atoms with van der Waals surface area (Å²) in [5, 5.41) is 15.6. The number of amides is 1. The van der Waals surface area contributed by atoms with Gasteiger partial charge in [0.1, 0.15) is 17.3 Å². The number of nitrogens with zero attached hydrogens (tertiary/aromatic N) is 4. The molecule has 0 unspecified atom stereocenters. The van der Waals surface area contributed by atoms with Crippen molar-refractivity contribution in [2.24, 2.45) is 5.92 Å². The number of fused-ring (bicyclic) bond motifs is 1. The van der Waals surface area contributed by atoms with Crippen LogP contribution in [-0.2, 0) is 11.0 Å². The molecule has 3 aromatic heterocycles. The Morgan fingerprint density at radius 2 is 2.00 bits per heavy atom. The molecule has 3 heterocycles. The van der Waals surface area contributed by atoms with Gasteiger partial charge >= 0.3 is 6.18 Å². The van der Waals surface area contributed by atoms with E-state index in [1.807, 2.05) is 5.10 Å². The Bertz CT molecular complexity index is 1050. The van der Waals surface area contributed by atoms with Crippen LogP contribution in [0.3, 0.4) is 0 Å². The van der Waals surface area contributed by atoms with Gasteiger partial charge in [0.15, 0.2) is 0 Å². The first-order chi connectivity index (χ1) is 13.3. The van der Waals surface area contributed by atoms with Crippen LogP contribution in [0.4, 0.5) is 24.8 Å². The van der Waals surface area contributed by atoms with Crippen LogP contribution in [0, 0.1) is 17.8 Å². The maximum Gasteiger partial charge on any atom is 0.433 e. The molecule has 1 aliphatic carbocycles. The van der Waals surface area contributed by atoms with Crippen LogP contribution in [0.15, 0.2) is 24.5 Å². The van der Waals surface area contributed by atoms with Gasteiger partial charge in [-0.3, -0.25) is 9.89 Å². The summed E-state index contributed by atoms with van der Waals surface area (Å²) in [4.78, 5) is 20.0. The molecule has 0 saturated heterocycles. The second-order valence-electron chi connectivity index (χ2n) is 6.10. The zero-order valence-corrected chi connectivity index (χ0v) is 14.3. The van der Waals surface area contributed by atoms with Crippen molar-refractivity contribution in [1.29, 1.82) is 5.26 Å². The summed E-state index contributed by atoms with van der Waals surface area (Å²) in [6.07, 6.45) is -0.418. The number of nitrogen functional groups attached to an aromatic ring is 1. The Morgan fingerprint density at radius 3 is 2.64 bits per heavy atom. The summed E-state index contributed by atoms with van der Waals surface area (Å²) in [7, 11) is 0. The number of aromatic nitrogens is 4. The maximum atomic E-state index is 13.1. The Hall–Kier alpha value is -3.68. The molecule has 144 valence electrons. The molecule has 28 heavy (non-hydrogen) atoms. The lowest BCUT2D eigenvalue weighted by Gasteiger charge is -2.10. The zero-order chi connectivity index (χ0) is 20.5. The maximum absolute atomic E-state index is 13.1. The van der Waals surface area contributed by atoms with E-state index in [0.717, 1.165) is 19.0 Å². The van der Waals surface area contributed by atoms with Crippen LogP contribution < -0.4 is 11.1 Å². The van der Waals surface area contributed by atoms with Crippen LogP contribution in [0.25, 0.3) is 22.0 Å². The predicted molar refractivity (Wildman–Crippen MR) is 94.6 cm³/mol. The van der Waals surface area contributed by atoms with Gasteiger partial charge in [0.05, 0.1) is 17.5 Å². The van der Waals surface area contributed by atoms with E-state index in [4.69, 9.17) is 11.0 Å². The number of rotatable bonds is 3. The van der Waals surface area contributed by atoms with Gasteiger partial charge in [-0.1, -0.05) is 0 Å². The minimum Gasteiger partial charge on any atom is -0.383 e. The molecule has 1 aliphatic rings. The summed E-state index contributed by atoms with van der Waals surface area (Å²) in [5.74, 6) is 0.243. The Balaban J connectivity index is 0.00000109. The van der Waals surface area contributed by atoms with E-state index >= 15 is 0 Å². The van der Waals surface area contributed by atoms with Crippen molar-refractivity contribution in [2.75, 3.05) is 11.1 Å². The van der Waals surface area contributed by atoms with Gasteiger partial charge in [-0.15, -0.1) is 0 Å². The topological polar surface area (TPSA) is 133 Å². The molecule has 4 N–H and O–H groups in total. The minimum atomic E-state index is -4.60. The Morgan fingerprint density at radius 1 is 1.29 bits per heavy atom. The number of H-pyrrole nitrogens is 1. The highest BCUT2D eigenvalue weighted by atomic mass is 19.4.